The van der Waals surface area contributed by atoms with Crippen LogP contribution < -0.4 is 11.1 Å². The van der Waals surface area contributed by atoms with Gasteiger partial charge in [-0.2, -0.15) is 0 Å². The summed E-state index contributed by atoms with van der Waals surface area (Å²) in [6.07, 6.45) is 7.02. The highest BCUT2D eigenvalue weighted by Crippen LogP contribution is 2.28. The van der Waals surface area contributed by atoms with Gasteiger partial charge in [-0.3, -0.25) is 4.79 Å². The van der Waals surface area contributed by atoms with Crippen molar-refractivity contribution in [2.24, 2.45) is 11.7 Å². The van der Waals surface area contributed by atoms with Gasteiger partial charge < -0.3 is 15.8 Å². The van der Waals surface area contributed by atoms with Crippen LogP contribution in [0, 0.1) is 11.7 Å². The number of benzene rings is 1. The van der Waals surface area contributed by atoms with Crippen molar-refractivity contribution in [3.63, 3.8) is 0 Å². The van der Waals surface area contributed by atoms with E-state index in [1.54, 1.807) is 12.1 Å². The van der Waals surface area contributed by atoms with Gasteiger partial charge in [-0.25, -0.2) is 4.39 Å². The molecule has 152 valence electrons. The standard InChI is InChI=1S/C22H35FN2O2/c1-4-27-20(19(24)14-16-8-6-5-7-9-16)21(26)25-22(2,3)15-17-10-12-18(23)13-11-17/h10-13,16,19-20H,4-9,14-15,24H2,1-3H3,(H,25,26)/t19-,20?/m1/s1. The maximum Gasteiger partial charge on any atom is 0.251 e. The molecular weight excluding hydrogens is 343 g/mol. The number of hydrogen-bond donors (Lipinski definition) is 2. The smallest absolute Gasteiger partial charge is 0.251 e. The van der Waals surface area contributed by atoms with Crippen LogP contribution in [0.4, 0.5) is 4.39 Å². The third-order valence-corrected chi connectivity index (χ3v) is 5.34. The van der Waals surface area contributed by atoms with Crippen LogP contribution in [0.3, 0.4) is 0 Å². The average Bonchev–Trinajstić information content (AvgIpc) is 2.61. The van der Waals surface area contributed by atoms with Crippen molar-refractivity contribution in [1.29, 1.82) is 0 Å². The fourth-order valence-corrected chi connectivity index (χ4v) is 4.07. The lowest BCUT2D eigenvalue weighted by molar-refractivity contribution is -0.135. The molecule has 0 aromatic heterocycles. The maximum absolute atomic E-state index is 13.1. The number of amides is 1. The number of carbonyl (C=O) groups excluding carboxylic acids is 1. The second-order valence-corrected chi connectivity index (χ2v) is 8.46. The van der Waals surface area contributed by atoms with Crippen LogP contribution in [0.1, 0.15) is 64.9 Å². The molecule has 0 heterocycles. The highest BCUT2D eigenvalue weighted by molar-refractivity contribution is 5.82. The van der Waals surface area contributed by atoms with Gasteiger partial charge in [-0.05, 0) is 57.2 Å². The lowest BCUT2D eigenvalue weighted by Crippen LogP contribution is -2.55. The molecule has 5 heteroatoms. The van der Waals surface area contributed by atoms with E-state index < -0.39 is 11.6 Å². The van der Waals surface area contributed by atoms with Gasteiger partial charge in [0.2, 0.25) is 0 Å². The van der Waals surface area contributed by atoms with Gasteiger partial charge >= 0.3 is 0 Å². The van der Waals surface area contributed by atoms with Crippen LogP contribution in [0.2, 0.25) is 0 Å². The Kier molecular flexibility index (Phi) is 8.24. The van der Waals surface area contributed by atoms with Crippen molar-refractivity contribution in [1.82, 2.24) is 5.32 Å². The summed E-state index contributed by atoms with van der Waals surface area (Å²) >= 11 is 0. The zero-order chi connectivity index (χ0) is 19.9. The van der Waals surface area contributed by atoms with Gasteiger partial charge in [0.25, 0.3) is 5.91 Å². The third kappa shape index (κ3) is 7.23. The van der Waals surface area contributed by atoms with Gasteiger partial charge in [-0.1, -0.05) is 44.2 Å². The molecule has 0 radical (unpaired) electrons. The minimum atomic E-state index is -0.635. The molecule has 1 aromatic carbocycles. The van der Waals surface area contributed by atoms with Crippen molar-refractivity contribution in [2.45, 2.75) is 83.4 Å². The van der Waals surface area contributed by atoms with Crippen LogP contribution in [0.5, 0.6) is 0 Å². The molecule has 4 nitrogen and oxygen atoms in total. The molecule has 2 atom stereocenters. The summed E-state index contributed by atoms with van der Waals surface area (Å²) in [6, 6.07) is 6.08. The van der Waals surface area contributed by atoms with Gasteiger partial charge in [0.05, 0.1) is 0 Å². The maximum atomic E-state index is 13.1. The molecular formula is C22H35FN2O2. The lowest BCUT2D eigenvalue weighted by Gasteiger charge is -2.32. The molecule has 0 aliphatic heterocycles. The second kappa shape index (κ2) is 10.2. The van der Waals surface area contributed by atoms with Gasteiger partial charge in [0.1, 0.15) is 5.82 Å². The van der Waals surface area contributed by atoms with E-state index in [4.69, 9.17) is 10.5 Å². The Balaban J connectivity index is 1.96. The molecule has 1 aliphatic rings. The molecule has 1 aromatic rings. The molecule has 3 N–H and O–H groups in total. The molecule has 0 bridgehead atoms. The Morgan fingerprint density at radius 3 is 2.48 bits per heavy atom. The van der Waals surface area contributed by atoms with E-state index in [0.717, 1.165) is 12.0 Å². The Bertz CT molecular complexity index is 582. The van der Waals surface area contributed by atoms with E-state index in [0.29, 0.717) is 18.9 Å². The normalized spacial score (nSPS) is 18.1. The van der Waals surface area contributed by atoms with Crippen molar-refractivity contribution < 1.29 is 13.9 Å². The number of ether oxygens (including phenoxy) is 1. The van der Waals surface area contributed by atoms with Gasteiger partial charge in [-0.15, -0.1) is 0 Å². The second-order valence-electron chi connectivity index (χ2n) is 8.46. The first kappa shape index (κ1) is 21.8. The van der Waals surface area contributed by atoms with Crippen LogP contribution in [0.25, 0.3) is 0 Å². The van der Waals surface area contributed by atoms with E-state index in [9.17, 15) is 9.18 Å². The minimum absolute atomic E-state index is 0.160. The predicted molar refractivity (Wildman–Crippen MR) is 107 cm³/mol. The highest BCUT2D eigenvalue weighted by atomic mass is 19.1. The number of carbonyl (C=O) groups is 1. The summed E-state index contributed by atoms with van der Waals surface area (Å²) in [7, 11) is 0. The average molecular weight is 379 g/mol. The molecule has 1 aliphatic carbocycles. The van der Waals surface area contributed by atoms with Gasteiger partial charge in [0, 0.05) is 18.2 Å². The summed E-state index contributed by atoms with van der Waals surface area (Å²) in [5.74, 6) is 0.176. The van der Waals surface area contributed by atoms with Crippen molar-refractivity contribution in [3.8, 4) is 0 Å². The number of halogens is 1. The van der Waals surface area contributed by atoms with Crippen LogP contribution in [-0.2, 0) is 16.0 Å². The Hall–Kier alpha value is -1.46. The van der Waals surface area contributed by atoms with E-state index in [1.807, 2.05) is 20.8 Å². The van der Waals surface area contributed by atoms with Crippen LogP contribution in [-0.4, -0.2) is 30.2 Å². The summed E-state index contributed by atoms with van der Waals surface area (Å²) in [5.41, 5.74) is 6.89. The highest BCUT2D eigenvalue weighted by Gasteiger charge is 2.32. The minimum Gasteiger partial charge on any atom is -0.367 e. The molecule has 27 heavy (non-hydrogen) atoms. The number of nitrogens with one attached hydrogen (secondary N) is 1. The quantitative estimate of drug-likeness (QED) is 0.683. The van der Waals surface area contributed by atoms with E-state index in [1.165, 1.54) is 44.2 Å². The van der Waals surface area contributed by atoms with E-state index in [-0.39, 0.29) is 17.8 Å². The number of nitrogens with two attached hydrogens (primary N) is 1. The molecule has 1 fully saturated rings. The fraction of sp³-hybridized carbons (Fsp3) is 0.682. The Labute approximate surface area is 163 Å². The van der Waals surface area contributed by atoms with Crippen molar-refractivity contribution in [2.75, 3.05) is 6.61 Å². The van der Waals surface area contributed by atoms with E-state index >= 15 is 0 Å². The largest absolute Gasteiger partial charge is 0.367 e. The summed E-state index contributed by atoms with van der Waals surface area (Å²) in [5, 5.41) is 3.08. The first-order chi connectivity index (χ1) is 12.8. The molecule has 1 unspecified atom stereocenters. The SMILES string of the molecule is CCOC(C(=O)NC(C)(C)Cc1ccc(F)cc1)[C@H](N)CC1CCCCC1. The summed E-state index contributed by atoms with van der Waals surface area (Å²) in [6.45, 7) is 6.26. The monoisotopic (exact) mass is 378 g/mol. The summed E-state index contributed by atoms with van der Waals surface area (Å²) in [4.78, 5) is 12.9. The molecule has 2 rings (SSSR count). The summed E-state index contributed by atoms with van der Waals surface area (Å²) < 4.78 is 18.8. The van der Waals surface area contributed by atoms with Gasteiger partial charge in [0.15, 0.2) is 6.10 Å². The zero-order valence-electron chi connectivity index (χ0n) is 17.0. The number of hydrogen-bond acceptors (Lipinski definition) is 3. The number of rotatable bonds is 9. The van der Waals surface area contributed by atoms with Crippen molar-refractivity contribution in [3.05, 3.63) is 35.6 Å². The lowest BCUT2D eigenvalue weighted by atomic mass is 9.83. The Morgan fingerprint density at radius 2 is 1.89 bits per heavy atom. The fourth-order valence-electron chi connectivity index (χ4n) is 4.07. The molecule has 0 spiro atoms. The predicted octanol–water partition coefficient (Wildman–Crippen LogP) is 3.97. The first-order valence-electron chi connectivity index (χ1n) is 10.2. The Morgan fingerprint density at radius 1 is 1.26 bits per heavy atom. The molecule has 1 saturated carbocycles. The van der Waals surface area contributed by atoms with Crippen molar-refractivity contribution >= 4 is 5.91 Å². The topological polar surface area (TPSA) is 64.3 Å². The van der Waals surface area contributed by atoms with Crippen LogP contribution in [0.15, 0.2) is 24.3 Å². The zero-order valence-corrected chi connectivity index (χ0v) is 17.0. The third-order valence-electron chi connectivity index (χ3n) is 5.34. The van der Waals surface area contributed by atoms with Crippen LogP contribution >= 0.6 is 0 Å². The molecule has 0 saturated heterocycles. The first-order valence-corrected chi connectivity index (χ1v) is 10.2. The van der Waals surface area contributed by atoms with E-state index in [2.05, 4.69) is 5.32 Å². The molecule has 1 amide bonds.